The molecule has 1 amide bonds. The fourth-order valence-electron chi connectivity index (χ4n) is 2.62. The number of methoxy groups -OCH3 is 1. The van der Waals surface area contributed by atoms with Crippen molar-refractivity contribution < 1.29 is 17.9 Å². The molecule has 1 heterocycles. The molecule has 1 saturated heterocycles. The molecule has 1 aromatic rings. The van der Waals surface area contributed by atoms with Crippen LogP contribution in [-0.2, 0) is 14.8 Å². The first kappa shape index (κ1) is 17.7. The van der Waals surface area contributed by atoms with E-state index in [1.165, 1.54) is 11.4 Å². The van der Waals surface area contributed by atoms with Gasteiger partial charge in [0.1, 0.15) is 10.6 Å². The van der Waals surface area contributed by atoms with E-state index < -0.39 is 10.0 Å². The lowest BCUT2D eigenvalue weighted by atomic mass is 10.3. The SMILES string of the molecule is CCCCN(C)S(=O)(=O)c1cc(N2CCCC2=O)ccc1OC. The molecule has 0 radical (unpaired) electrons. The predicted molar refractivity (Wildman–Crippen MR) is 89.3 cm³/mol. The van der Waals surface area contributed by atoms with E-state index in [-0.39, 0.29) is 10.8 Å². The maximum Gasteiger partial charge on any atom is 0.246 e. The molecule has 1 fully saturated rings. The molecule has 0 aliphatic carbocycles. The summed E-state index contributed by atoms with van der Waals surface area (Å²) >= 11 is 0. The summed E-state index contributed by atoms with van der Waals surface area (Å²) in [6, 6.07) is 4.88. The summed E-state index contributed by atoms with van der Waals surface area (Å²) in [6.07, 6.45) is 3.01. The van der Waals surface area contributed by atoms with Gasteiger partial charge in [0.2, 0.25) is 15.9 Å². The Morgan fingerprint density at radius 3 is 2.65 bits per heavy atom. The highest BCUT2D eigenvalue weighted by molar-refractivity contribution is 7.89. The number of amides is 1. The third-order valence-corrected chi connectivity index (χ3v) is 5.93. The van der Waals surface area contributed by atoms with Crippen LogP contribution < -0.4 is 9.64 Å². The highest BCUT2D eigenvalue weighted by Crippen LogP contribution is 2.32. The fraction of sp³-hybridized carbons (Fsp3) is 0.562. The van der Waals surface area contributed by atoms with Crippen molar-refractivity contribution in [3.8, 4) is 5.75 Å². The first-order valence-electron chi connectivity index (χ1n) is 7.86. The van der Waals surface area contributed by atoms with Gasteiger partial charge in [0.25, 0.3) is 0 Å². The molecule has 128 valence electrons. The minimum atomic E-state index is -3.65. The Bertz CT molecular complexity index is 673. The number of hydrogen-bond donors (Lipinski definition) is 0. The van der Waals surface area contributed by atoms with E-state index in [0.29, 0.717) is 30.9 Å². The van der Waals surface area contributed by atoms with Gasteiger partial charge in [-0.3, -0.25) is 4.79 Å². The van der Waals surface area contributed by atoms with Gasteiger partial charge in [-0.05, 0) is 31.0 Å². The van der Waals surface area contributed by atoms with E-state index in [1.807, 2.05) is 6.92 Å². The molecule has 0 aromatic heterocycles. The van der Waals surface area contributed by atoms with E-state index in [2.05, 4.69) is 0 Å². The topological polar surface area (TPSA) is 66.9 Å². The Morgan fingerprint density at radius 2 is 2.09 bits per heavy atom. The quantitative estimate of drug-likeness (QED) is 0.763. The Balaban J connectivity index is 2.41. The molecule has 0 saturated carbocycles. The van der Waals surface area contributed by atoms with Crippen LogP contribution >= 0.6 is 0 Å². The van der Waals surface area contributed by atoms with Gasteiger partial charge in [0.15, 0.2) is 0 Å². The average Bonchev–Trinajstić information content (AvgIpc) is 2.97. The number of carbonyl (C=O) groups excluding carboxylic acids is 1. The van der Waals surface area contributed by atoms with Gasteiger partial charge in [-0.2, -0.15) is 0 Å². The molecule has 0 spiro atoms. The molecule has 1 aromatic carbocycles. The van der Waals surface area contributed by atoms with Crippen LogP contribution in [0.4, 0.5) is 5.69 Å². The molecule has 23 heavy (non-hydrogen) atoms. The Labute approximate surface area is 138 Å². The molecular weight excluding hydrogens is 316 g/mol. The van der Waals surface area contributed by atoms with Gasteiger partial charge in [0.05, 0.1) is 7.11 Å². The molecule has 2 rings (SSSR count). The van der Waals surface area contributed by atoms with E-state index in [0.717, 1.165) is 19.3 Å². The number of sulfonamides is 1. The van der Waals surface area contributed by atoms with Crippen molar-refractivity contribution in [2.45, 2.75) is 37.5 Å². The van der Waals surface area contributed by atoms with Crippen LogP contribution in [0.5, 0.6) is 5.75 Å². The van der Waals surface area contributed by atoms with Gasteiger partial charge >= 0.3 is 0 Å². The van der Waals surface area contributed by atoms with Gasteiger partial charge in [-0.25, -0.2) is 12.7 Å². The van der Waals surface area contributed by atoms with E-state index in [9.17, 15) is 13.2 Å². The maximum atomic E-state index is 12.8. The number of nitrogens with zero attached hydrogens (tertiary/aromatic N) is 2. The molecular formula is C16H24N2O4S. The number of unbranched alkanes of at least 4 members (excludes halogenated alkanes) is 1. The van der Waals surface area contributed by atoms with E-state index in [4.69, 9.17) is 4.74 Å². The second kappa shape index (κ2) is 7.31. The van der Waals surface area contributed by atoms with Crippen molar-refractivity contribution in [3.63, 3.8) is 0 Å². The van der Waals surface area contributed by atoms with Gasteiger partial charge in [-0.1, -0.05) is 13.3 Å². The maximum absolute atomic E-state index is 12.8. The van der Waals surface area contributed by atoms with Crippen molar-refractivity contribution in [2.75, 3.05) is 32.1 Å². The lowest BCUT2D eigenvalue weighted by Crippen LogP contribution is -2.29. The summed E-state index contributed by atoms with van der Waals surface area (Å²) in [7, 11) is -0.640. The molecule has 7 heteroatoms. The first-order valence-corrected chi connectivity index (χ1v) is 9.30. The van der Waals surface area contributed by atoms with Crippen molar-refractivity contribution in [3.05, 3.63) is 18.2 Å². The lowest BCUT2D eigenvalue weighted by Gasteiger charge is -2.21. The zero-order valence-electron chi connectivity index (χ0n) is 13.9. The molecule has 1 aliphatic rings. The highest BCUT2D eigenvalue weighted by Gasteiger charge is 2.28. The van der Waals surface area contributed by atoms with Crippen molar-refractivity contribution in [1.82, 2.24) is 4.31 Å². The van der Waals surface area contributed by atoms with Gasteiger partial charge in [0, 0.05) is 32.2 Å². The Kier molecular flexibility index (Phi) is 5.64. The van der Waals surface area contributed by atoms with Crippen LogP contribution in [0.1, 0.15) is 32.6 Å². The second-order valence-electron chi connectivity index (χ2n) is 5.66. The molecule has 0 atom stereocenters. The van der Waals surface area contributed by atoms with E-state index in [1.54, 1.807) is 30.1 Å². The van der Waals surface area contributed by atoms with Crippen LogP contribution in [-0.4, -0.2) is 45.9 Å². The second-order valence-corrected chi connectivity index (χ2v) is 7.68. The molecule has 0 bridgehead atoms. The minimum absolute atomic E-state index is 0.0258. The summed E-state index contributed by atoms with van der Waals surface area (Å²) in [6.45, 7) is 3.09. The first-order chi connectivity index (χ1) is 10.9. The number of ether oxygens (including phenoxy) is 1. The largest absolute Gasteiger partial charge is 0.495 e. The monoisotopic (exact) mass is 340 g/mol. The van der Waals surface area contributed by atoms with Crippen LogP contribution in [0.25, 0.3) is 0 Å². The lowest BCUT2D eigenvalue weighted by molar-refractivity contribution is -0.117. The summed E-state index contributed by atoms with van der Waals surface area (Å²) in [5, 5.41) is 0. The summed E-state index contributed by atoms with van der Waals surface area (Å²) in [5.74, 6) is 0.321. The zero-order chi connectivity index (χ0) is 17.0. The molecule has 0 N–H and O–H groups in total. The molecule has 1 aliphatic heterocycles. The van der Waals surface area contributed by atoms with Gasteiger partial charge in [-0.15, -0.1) is 0 Å². The number of anilines is 1. The number of benzene rings is 1. The molecule has 6 nitrogen and oxygen atoms in total. The standard InChI is InChI=1S/C16H24N2O4S/c1-4-5-10-17(2)23(20,21)15-12-13(8-9-14(15)22-3)18-11-6-7-16(18)19/h8-9,12H,4-7,10-11H2,1-3H3. The Hall–Kier alpha value is -1.60. The Morgan fingerprint density at radius 1 is 1.35 bits per heavy atom. The molecule has 0 unspecified atom stereocenters. The smallest absolute Gasteiger partial charge is 0.246 e. The number of rotatable bonds is 7. The van der Waals surface area contributed by atoms with Crippen molar-refractivity contribution in [1.29, 1.82) is 0 Å². The zero-order valence-corrected chi connectivity index (χ0v) is 14.7. The number of carbonyl (C=O) groups is 1. The van der Waals surface area contributed by atoms with Crippen LogP contribution in [0.2, 0.25) is 0 Å². The van der Waals surface area contributed by atoms with Gasteiger partial charge < -0.3 is 9.64 Å². The third kappa shape index (κ3) is 3.67. The predicted octanol–water partition coefficient (Wildman–Crippen LogP) is 2.24. The summed E-state index contributed by atoms with van der Waals surface area (Å²) in [4.78, 5) is 13.6. The third-order valence-electron chi connectivity index (χ3n) is 4.05. The van der Waals surface area contributed by atoms with Crippen LogP contribution in [0.15, 0.2) is 23.1 Å². The van der Waals surface area contributed by atoms with Crippen molar-refractivity contribution >= 4 is 21.6 Å². The highest BCUT2D eigenvalue weighted by atomic mass is 32.2. The fourth-order valence-corrected chi connectivity index (χ4v) is 4.01. The minimum Gasteiger partial charge on any atom is -0.495 e. The van der Waals surface area contributed by atoms with Crippen LogP contribution in [0.3, 0.4) is 0 Å². The van der Waals surface area contributed by atoms with Crippen LogP contribution in [0, 0.1) is 0 Å². The van der Waals surface area contributed by atoms with E-state index >= 15 is 0 Å². The summed E-state index contributed by atoms with van der Waals surface area (Å²) < 4.78 is 32.2. The normalized spacial score (nSPS) is 15.5. The average molecular weight is 340 g/mol. The van der Waals surface area contributed by atoms with Crippen molar-refractivity contribution in [2.24, 2.45) is 0 Å². The summed E-state index contributed by atoms with van der Waals surface area (Å²) in [5.41, 5.74) is 0.607. The number of hydrogen-bond acceptors (Lipinski definition) is 4.